The minimum atomic E-state index is -0.132. The fourth-order valence-corrected chi connectivity index (χ4v) is 4.46. The van der Waals surface area contributed by atoms with E-state index in [0.717, 1.165) is 21.6 Å². The molecule has 6 nitrogen and oxygen atoms in total. The van der Waals surface area contributed by atoms with E-state index in [9.17, 15) is 5.11 Å². The third kappa shape index (κ3) is 2.51. The van der Waals surface area contributed by atoms with Crippen molar-refractivity contribution in [2.75, 3.05) is 0 Å². The van der Waals surface area contributed by atoms with Gasteiger partial charge < -0.3 is 9.84 Å². The topological polar surface area (TPSA) is 72.5 Å². The maximum Gasteiger partial charge on any atom is 0.228 e. The lowest BCUT2D eigenvalue weighted by molar-refractivity contribution is 0.422. The summed E-state index contributed by atoms with van der Waals surface area (Å²) >= 11 is 1.60. The smallest absolute Gasteiger partial charge is 0.228 e. The van der Waals surface area contributed by atoms with Gasteiger partial charge in [0.1, 0.15) is 17.8 Å². The Bertz CT molecular complexity index is 1350. The van der Waals surface area contributed by atoms with Gasteiger partial charge in [0.15, 0.2) is 11.5 Å². The summed E-state index contributed by atoms with van der Waals surface area (Å²) in [7, 11) is 0. The molecular weight excluding hydrogens is 384 g/mol. The highest BCUT2D eigenvalue weighted by Gasteiger charge is 2.33. The van der Waals surface area contributed by atoms with Crippen LogP contribution in [0, 0.1) is 0 Å². The van der Waals surface area contributed by atoms with Crippen molar-refractivity contribution in [3.05, 3.63) is 89.1 Å². The summed E-state index contributed by atoms with van der Waals surface area (Å²) in [5.41, 5.74) is 3.63. The highest BCUT2D eigenvalue weighted by atomic mass is 32.1. The lowest BCUT2D eigenvalue weighted by atomic mass is 9.84. The Morgan fingerprint density at radius 3 is 2.76 bits per heavy atom. The first-order valence-electron chi connectivity index (χ1n) is 9.13. The molecule has 0 bridgehead atoms. The lowest BCUT2D eigenvalue weighted by Gasteiger charge is -2.27. The Morgan fingerprint density at radius 1 is 1.03 bits per heavy atom. The molecule has 3 aromatic heterocycles. The molecule has 0 saturated heterocycles. The molecule has 5 aromatic rings. The number of hydrogen-bond acceptors (Lipinski definition) is 6. The van der Waals surface area contributed by atoms with Crippen LogP contribution in [0.25, 0.3) is 16.3 Å². The lowest BCUT2D eigenvalue weighted by Crippen LogP contribution is -2.14. The van der Waals surface area contributed by atoms with E-state index < -0.39 is 0 Å². The van der Waals surface area contributed by atoms with Crippen LogP contribution in [0.2, 0.25) is 0 Å². The molecule has 0 saturated carbocycles. The second kappa shape index (κ2) is 6.15. The Hall–Kier alpha value is -3.71. The van der Waals surface area contributed by atoms with Gasteiger partial charge in [-0.2, -0.15) is 0 Å². The maximum absolute atomic E-state index is 9.95. The SMILES string of the molecule is Oc1ccc2c(c1)Oc1ncn3nc(-c4cccs4)nc3c1[C@@H]2c1ccccc1. The fourth-order valence-electron chi connectivity index (χ4n) is 3.81. The molecule has 1 aliphatic heterocycles. The first kappa shape index (κ1) is 16.3. The molecule has 2 aromatic carbocycles. The number of ether oxygens (including phenoxy) is 1. The molecule has 29 heavy (non-hydrogen) atoms. The largest absolute Gasteiger partial charge is 0.508 e. The van der Waals surface area contributed by atoms with Crippen molar-refractivity contribution >= 4 is 17.0 Å². The van der Waals surface area contributed by atoms with Crippen LogP contribution in [-0.2, 0) is 0 Å². The van der Waals surface area contributed by atoms with Crippen LogP contribution in [0.1, 0.15) is 22.6 Å². The maximum atomic E-state index is 9.95. The number of rotatable bonds is 2. The minimum absolute atomic E-state index is 0.132. The number of hydrogen-bond donors (Lipinski definition) is 1. The normalized spacial score (nSPS) is 15.0. The summed E-state index contributed by atoms with van der Waals surface area (Å²) in [5, 5.41) is 16.6. The fraction of sp³-hybridized carbons (Fsp3) is 0.0455. The van der Waals surface area contributed by atoms with E-state index in [-0.39, 0.29) is 11.7 Å². The summed E-state index contributed by atoms with van der Waals surface area (Å²) < 4.78 is 7.78. The number of phenols is 1. The van der Waals surface area contributed by atoms with E-state index in [4.69, 9.17) is 9.72 Å². The molecule has 0 fully saturated rings. The molecular formula is C22H14N4O2S. The van der Waals surface area contributed by atoms with Crippen molar-refractivity contribution in [3.63, 3.8) is 0 Å². The highest BCUT2D eigenvalue weighted by Crippen LogP contribution is 2.48. The first-order chi connectivity index (χ1) is 14.3. The molecule has 6 rings (SSSR count). The molecule has 7 heteroatoms. The van der Waals surface area contributed by atoms with Crippen molar-refractivity contribution < 1.29 is 9.84 Å². The average Bonchev–Trinajstić information content (AvgIpc) is 3.42. The molecule has 4 heterocycles. The summed E-state index contributed by atoms with van der Waals surface area (Å²) in [4.78, 5) is 10.3. The number of fused-ring (bicyclic) bond motifs is 4. The molecule has 140 valence electrons. The van der Waals surface area contributed by atoms with Crippen molar-refractivity contribution in [2.45, 2.75) is 5.92 Å². The quantitative estimate of drug-likeness (QED) is 0.452. The Labute approximate surface area is 169 Å². The predicted octanol–water partition coefficient (Wildman–Crippen LogP) is 4.84. The molecule has 0 radical (unpaired) electrons. The second-order valence-corrected chi connectivity index (χ2v) is 7.76. The zero-order chi connectivity index (χ0) is 19.4. The third-order valence-corrected chi connectivity index (χ3v) is 5.93. The summed E-state index contributed by atoms with van der Waals surface area (Å²) in [5.74, 6) is 1.77. The number of thiophene rings is 1. The van der Waals surface area contributed by atoms with Gasteiger partial charge in [0.25, 0.3) is 0 Å². The standard InChI is InChI=1S/C22H14N4O2S/c27-14-8-9-15-16(11-14)28-22-19(18(15)13-5-2-1-3-6-13)21-24-20(17-7-4-10-29-17)25-26(21)12-23-22/h1-12,18,27H/t18-/m1/s1. The van der Waals surface area contributed by atoms with Crippen LogP contribution in [0.4, 0.5) is 0 Å². The average molecular weight is 398 g/mol. The Morgan fingerprint density at radius 2 is 1.93 bits per heavy atom. The molecule has 0 amide bonds. The van der Waals surface area contributed by atoms with E-state index in [0.29, 0.717) is 23.1 Å². The minimum Gasteiger partial charge on any atom is -0.508 e. The Kier molecular flexibility index (Phi) is 3.45. The van der Waals surface area contributed by atoms with Gasteiger partial charge in [0.2, 0.25) is 5.88 Å². The number of aromatic hydroxyl groups is 1. The number of nitrogens with zero attached hydrogens (tertiary/aromatic N) is 4. The molecule has 1 atom stereocenters. The number of aromatic nitrogens is 4. The monoisotopic (exact) mass is 398 g/mol. The van der Waals surface area contributed by atoms with Crippen LogP contribution < -0.4 is 4.74 Å². The second-order valence-electron chi connectivity index (χ2n) is 6.81. The zero-order valence-electron chi connectivity index (χ0n) is 15.1. The van der Waals surface area contributed by atoms with Gasteiger partial charge in [-0.15, -0.1) is 16.4 Å². The van der Waals surface area contributed by atoms with E-state index in [2.05, 4.69) is 22.2 Å². The van der Waals surface area contributed by atoms with E-state index in [1.807, 2.05) is 41.8 Å². The van der Waals surface area contributed by atoms with Gasteiger partial charge in [-0.25, -0.2) is 14.5 Å². The molecule has 0 spiro atoms. The predicted molar refractivity (Wildman–Crippen MR) is 110 cm³/mol. The van der Waals surface area contributed by atoms with Gasteiger partial charge in [-0.05, 0) is 23.1 Å². The molecule has 1 aliphatic rings. The van der Waals surface area contributed by atoms with Crippen molar-refractivity contribution in [1.82, 2.24) is 19.6 Å². The molecule has 1 N–H and O–H groups in total. The Balaban J connectivity index is 1.64. The first-order valence-corrected chi connectivity index (χ1v) is 10.0. The highest BCUT2D eigenvalue weighted by molar-refractivity contribution is 7.13. The van der Waals surface area contributed by atoms with Crippen LogP contribution >= 0.6 is 11.3 Å². The van der Waals surface area contributed by atoms with E-state index >= 15 is 0 Å². The summed E-state index contributed by atoms with van der Waals surface area (Å²) in [6, 6.07) is 19.4. The summed E-state index contributed by atoms with van der Waals surface area (Å²) in [6.07, 6.45) is 1.62. The van der Waals surface area contributed by atoms with Crippen LogP contribution in [-0.4, -0.2) is 24.7 Å². The van der Waals surface area contributed by atoms with Crippen molar-refractivity contribution in [3.8, 4) is 28.1 Å². The van der Waals surface area contributed by atoms with Crippen LogP contribution in [0.5, 0.6) is 17.4 Å². The van der Waals surface area contributed by atoms with Gasteiger partial charge in [-0.3, -0.25) is 0 Å². The number of phenolic OH excluding ortho intramolecular Hbond substituents is 1. The third-order valence-electron chi connectivity index (χ3n) is 5.06. The summed E-state index contributed by atoms with van der Waals surface area (Å²) in [6.45, 7) is 0. The number of benzene rings is 2. The van der Waals surface area contributed by atoms with Gasteiger partial charge in [0, 0.05) is 17.5 Å². The van der Waals surface area contributed by atoms with Gasteiger partial charge in [-0.1, -0.05) is 42.5 Å². The van der Waals surface area contributed by atoms with Crippen LogP contribution in [0.15, 0.2) is 72.4 Å². The van der Waals surface area contributed by atoms with Crippen LogP contribution in [0.3, 0.4) is 0 Å². The van der Waals surface area contributed by atoms with Gasteiger partial charge in [0.05, 0.1) is 10.4 Å². The zero-order valence-corrected chi connectivity index (χ0v) is 15.9. The van der Waals surface area contributed by atoms with E-state index in [1.165, 1.54) is 0 Å². The van der Waals surface area contributed by atoms with Crippen molar-refractivity contribution in [1.29, 1.82) is 0 Å². The van der Waals surface area contributed by atoms with Crippen molar-refractivity contribution in [2.24, 2.45) is 0 Å². The van der Waals surface area contributed by atoms with Gasteiger partial charge >= 0.3 is 0 Å². The molecule has 0 aliphatic carbocycles. The molecule has 0 unspecified atom stereocenters. The van der Waals surface area contributed by atoms with E-state index in [1.54, 1.807) is 34.3 Å².